The van der Waals surface area contributed by atoms with Crippen molar-refractivity contribution in [3.63, 3.8) is 0 Å². The van der Waals surface area contributed by atoms with Crippen LogP contribution in [0.15, 0.2) is 48.5 Å². The molecule has 1 aliphatic heterocycles. The minimum absolute atomic E-state index is 0.00596. The van der Waals surface area contributed by atoms with Gasteiger partial charge in [0.1, 0.15) is 9.88 Å². The Morgan fingerprint density at radius 2 is 1.70 bits per heavy atom. The normalized spacial score (nSPS) is 14.1. The Hall–Kier alpha value is -2.97. The van der Waals surface area contributed by atoms with Crippen LogP contribution in [-0.4, -0.2) is 46.9 Å². The summed E-state index contributed by atoms with van der Waals surface area (Å²) >= 11 is 7.35. The number of rotatable bonds is 4. The molecule has 1 amide bonds. The first-order valence-electron chi connectivity index (χ1n) is 9.44. The van der Waals surface area contributed by atoms with Gasteiger partial charge in [0.15, 0.2) is 0 Å². The van der Waals surface area contributed by atoms with Crippen LogP contribution < -0.4 is 4.90 Å². The van der Waals surface area contributed by atoms with Crippen molar-refractivity contribution in [2.75, 3.05) is 31.1 Å². The molecule has 7 nitrogen and oxygen atoms in total. The predicted octanol–water partition coefficient (Wildman–Crippen LogP) is 4.64. The van der Waals surface area contributed by atoms with E-state index < -0.39 is 4.92 Å². The number of aromatic nitrogens is 1. The van der Waals surface area contributed by atoms with Crippen molar-refractivity contribution in [3.05, 3.63) is 74.2 Å². The summed E-state index contributed by atoms with van der Waals surface area (Å²) in [5.41, 5.74) is 2.67. The average molecular weight is 443 g/mol. The second-order valence-corrected chi connectivity index (χ2v) is 8.43. The molecule has 0 bridgehead atoms. The van der Waals surface area contributed by atoms with Gasteiger partial charge in [-0.05, 0) is 31.2 Å². The number of hydrogen-bond donors (Lipinski definition) is 0. The molecule has 3 aromatic rings. The van der Waals surface area contributed by atoms with Gasteiger partial charge in [0.2, 0.25) is 0 Å². The van der Waals surface area contributed by atoms with Crippen LogP contribution in [0.4, 0.5) is 11.4 Å². The van der Waals surface area contributed by atoms with E-state index in [1.165, 1.54) is 23.5 Å². The number of carbonyl (C=O) groups is 1. The molecule has 30 heavy (non-hydrogen) atoms. The largest absolute Gasteiger partial charge is 0.368 e. The van der Waals surface area contributed by atoms with Crippen molar-refractivity contribution in [1.82, 2.24) is 9.88 Å². The van der Waals surface area contributed by atoms with Gasteiger partial charge in [-0.15, -0.1) is 11.3 Å². The third-order valence-electron chi connectivity index (χ3n) is 5.07. The highest BCUT2D eigenvalue weighted by Crippen LogP contribution is 2.30. The van der Waals surface area contributed by atoms with Crippen LogP contribution in [-0.2, 0) is 0 Å². The van der Waals surface area contributed by atoms with Crippen LogP contribution in [0.25, 0.3) is 10.6 Å². The number of anilines is 1. The monoisotopic (exact) mass is 442 g/mol. The number of hydrogen-bond acceptors (Lipinski definition) is 6. The lowest BCUT2D eigenvalue weighted by Crippen LogP contribution is -2.48. The summed E-state index contributed by atoms with van der Waals surface area (Å²) in [4.78, 5) is 32.7. The molecule has 0 spiro atoms. The van der Waals surface area contributed by atoms with Gasteiger partial charge in [-0.2, -0.15) is 0 Å². The van der Waals surface area contributed by atoms with Gasteiger partial charge in [0, 0.05) is 54.6 Å². The number of halogens is 1. The Kier molecular flexibility index (Phi) is 5.69. The van der Waals surface area contributed by atoms with E-state index in [2.05, 4.69) is 9.88 Å². The molecule has 0 aliphatic carbocycles. The first-order chi connectivity index (χ1) is 14.4. The summed E-state index contributed by atoms with van der Waals surface area (Å²) in [7, 11) is 0. The van der Waals surface area contributed by atoms with E-state index in [9.17, 15) is 14.9 Å². The number of aryl methyl sites for hydroxylation is 1. The van der Waals surface area contributed by atoms with Gasteiger partial charge in [-0.25, -0.2) is 4.98 Å². The van der Waals surface area contributed by atoms with Gasteiger partial charge >= 0.3 is 0 Å². The molecule has 9 heteroatoms. The molecule has 0 atom stereocenters. The minimum Gasteiger partial charge on any atom is -0.368 e. The van der Waals surface area contributed by atoms with Crippen LogP contribution in [0.3, 0.4) is 0 Å². The first-order valence-corrected chi connectivity index (χ1v) is 10.6. The van der Waals surface area contributed by atoms with Crippen LogP contribution in [0.1, 0.15) is 15.4 Å². The summed E-state index contributed by atoms with van der Waals surface area (Å²) in [5.74, 6) is -0.00596. The minimum atomic E-state index is -0.407. The fraction of sp³-hybridized carbons (Fsp3) is 0.238. The highest BCUT2D eigenvalue weighted by Gasteiger charge is 2.26. The molecule has 0 N–H and O–H groups in total. The van der Waals surface area contributed by atoms with Crippen molar-refractivity contribution in [1.29, 1.82) is 0 Å². The van der Waals surface area contributed by atoms with Gasteiger partial charge in [0.25, 0.3) is 11.6 Å². The van der Waals surface area contributed by atoms with E-state index in [0.29, 0.717) is 36.1 Å². The van der Waals surface area contributed by atoms with Crippen molar-refractivity contribution >= 4 is 40.2 Å². The third kappa shape index (κ3) is 4.15. The molecule has 154 valence electrons. The SMILES string of the molecule is Cc1nc(-c2ccc(Cl)cc2)sc1C(=O)N1CCN(c2ccc([N+](=O)[O-])cc2)CC1. The molecule has 1 aromatic heterocycles. The summed E-state index contributed by atoms with van der Waals surface area (Å²) in [6.07, 6.45) is 0. The summed E-state index contributed by atoms with van der Waals surface area (Å²) in [6, 6.07) is 13.9. The van der Waals surface area contributed by atoms with Crippen molar-refractivity contribution in [3.8, 4) is 10.6 Å². The topological polar surface area (TPSA) is 79.6 Å². The van der Waals surface area contributed by atoms with E-state index in [4.69, 9.17) is 11.6 Å². The maximum absolute atomic E-state index is 13.1. The number of amides is 1. The Labute approximate surface area is 182 Å². The summed E-state index contributed by atoms with van der Waals surface area (Å²) in [5, 5.41) is 12.3. The zero-order valence-electron chi connectivity index (χ0n) is 16.2. The molecular weight excluding hydrogens is 424 g/mol. The maximum Gasteiger partial charge on any atom is 0.269 e. The quantitative estimate of drug-likeness (QED) is 0.434. The molecule has 4 rings (SSSR count). The van der Waals surface area contributed by atoms with Crippen LogP contribution in [0, 0.1) is 17.0 Å². The Morgan fingerprint density at radius 3 is 2.30 bits per heavy atom. The van der Waals surface area contributed by atoms with Crippen molar-refractivity contribution < 1.29 is 9.72 Å². The van der Waals surface area contributed by atoms with E-state index in [0.717, 1.165) is 22.0 Å². The predicted molar refractivity (Wildman–Crippen MR) is 119 cm³/mol. The molecule has 0 radical (unpaired) electrons. The molecule has 1 aliphatic rings. The average Bonchev–Trinajstić information content (AvgIpc) is 3.15. The van der Waals surface area contributed by atoms with Gasteiger partial charge in [-0.3, -0.25) is 14.9 Å². The van der Waals surface area contributed by atoms with Crippen LogP contribution in [0.5, 0.6) is 0 Å². The smallest absolute Gasteiger partial charge is 0.269 e. The zero-order chi connectivity index (χ0) is 21.3. The van der Waals surface area contributed by atoms with Crippen LogP contribution in [0.2, 0.25) is 5.02 Å². The van der Waals surface area contributed by atoms with Crippen molar-refractivity contribution in [2.45, 2.75) is 6.92 Å². The number of nitro groups is 1. The van der Waals surface area contributed by atoms with Gasteiger partial charge in [-0.1, -0.05) is 23.7 Å². The van der Waals surface area contributed by atoms with Gasteiger partial charge in [0.05, 0.1) is 10.6 Å². The Bertz CT molecular complexity index is 1070. The zero-order valence-corrected chi connectivity index (χ0v) is 17.8. The third-order valence-corrected chi connectivity index (χ3v) is 6.52. The molecule has 2 heterocycles. The maximum atomic E-state index is 13.1. The highest BCUT2D eigenvalue weighted by atomic mass is 35.5. The number of nitro benzene ring substituents is 1. The lowest BCUT2D eigenvalue weighted by atomic mass is 10.2. The molecule has 0 unspecified atom stereocenters. The fourth-order valence-electron chi connectivity index (χ4n) is 3.41. The van der Waals surface area contributed by atoms with Crippen molar-refractivity contribution in [2.24, 2.45) is 0 Å². The molecule has 1 fully saturated rings. The van der Waals surface area contributed by atoms with E-state index in [-0.39, 0.29) is 11.6 Å². The summed E-state index contributed by atoms with van der Waals surface area (Å²) < 4.78 is 0. The van der Waals surface area contributed by atoms with E-state index in [1.807, 2.05) is 36.1 Å². The molecular formula is C21H19ClN4O3S. The van der Waals surface area contributed by atoms with E-state index in [1.54, 1.807) is 12.1 Å². The number of piperazine rings is 1. The van der Waals surface area contributed by atoms with E-state index >= 15 is 0 Å². The second-order valence-electron chi connectivity index (χ2n) is 6.99. The molecule has 1 saturated heterocycles. The lowest BCUT2D eigenvalue weighted by Gasteiger charge is -2.36. The lowest BCUT2D eigenvalue weighted by molar-refractivity contribution is -0.384. The molecule has 0 saturated carbocycles. The fourth-order valence-corrected chi connectivity index (χ4v) is 4.57. The number of non-ortho nitro benzene ring substituents is 1. The van der Waals surface area contributed by atoms with Crippen LogP contribution >= 0.6 is 22.9 Å². The number of thiazole rings is 1. The highest BCUT2D eigenvalue weighted by molar-refractivity contribution is 7.17. The number of benzene rings is 2. The second kappa shape index (κ2) is 8.41. The van der Waals surface area contributed by atoms with Gasteiger partial charge < -0.3 is 9.80 Å². The Balaban J connectivity index is 1.43. The number of nitrogens with zero attached hydrogens (tertiary/aromatic N) is 4. The Morgan fingerprint density at radius 1 is 1.07 bits per heavy atom. The first kappa shape index (κ1) is 20.3. The number of carbonyl (C=O) groups excluding carboxylic acids is 1. The summed E-state index contributed by atoms with van der Waals surface area (Å²) in [6.45, 7) is 4.38. The molecule has 2 aromatic carbocycles. The standard InChI is InChI=1S/C21H19ClN4O3S/c1-14-19(30-20(23-14)15-2-4-16(22)5-3-15)21(27)25-12-10-24(11-13-25)17-6-8-18(9-7-17)26(28)29/h2-9H,10-13H2,1H3.